The summed E-state index contributed by atoms with van der Waals surface area (Å²) in [4.78, 5) is 0. The zero-order chi connectivity index (χ0) is 12.8. The maximum atomic E-state index is 5.83. The number of anilines is 1. The highest BCUT2D eigenvalue weighted by molar-refractivity contribution is 5.50. The van der Waals surface area contributed by atoms with Crippen LogP contribution in [0.2, 0.25) is 0 Å². The quantitative estimate of drug-likeness (QED) is 0.847. The normalized spacial score (nSPS) is 11.9. The van der Waals surface area contributed by atoms with E-state index in [1.165, 1.54) is 5.56 Å². The molecule has 0 spiro atoms. The molecule has 94 valence electrons. The lowest BCUT2D eigenvalue weighted by molar-refractivity contribution is 0.415. The van der Waals surface area contributed by atoms with Gasteiger partial charge in [-0.3, -0.25) is 0 Å². The first-order valence-corrected chi connectivity index (χ1v) is 5.99. The van der Waals surface area contributed by atoms with Crippen molar-refractivity contribution in [2.75, 3.05) is 19.0 Å². The first-order chi connectivity index (χ1) is 8.83. The molecule has 0 aromatic heterocycles. The van der Waals surface area contributed by atoms with E-state index in [0.717, 1.165) is 11.4 Å². The molecule has 0 aliphatic rings. The Bertz CT molecular complexity index is 485. The molecule has 0 amide bonds. The predicted molar refractivity (Wildman–Crippen MR) is 74.9 cm³/mol. The molecule has 2 aromatic carbocycles. The minimum absolute atomic E-state index is 0.110. The fraction of sp³-hybridized carbons (Fsp3) is 0.200. The monoisotopic (exact) mass is 242 g/mol. The van der Waals surface area contributed by atoms with Crippen molar-refractivity contribution in [1.82, 2.24) is 0 Å². The third-order valence-electron chi connectivity index (χ3n) is 2.85. The van der Waals surface area contributed by atoms with Gasteiger partial charge in [-0.05, 0) is 17.7 Å². The van der Waals surface area contributed by atoms with Crippen molar-refractivity contribution in [2.24, 2.45) is 5.73 Å². The van der Waals surface area contributed by atoms with Crippen LogP contribution in [-0.2, 0) is 0 Å². The van der Waals surface area contributed by atoms with Crippen molar-refractivity contribution in [3.05, 3.63) is 60.2 Å². The van der Waals surface area contributed by atoms with E-state index < -0.39 is 0 Å². The van der Waals surface area contributed by atoms with Gasteiger partial charge in [0, 0.05) is 18.3 Å². The topological polar surface area (TPSA) is 47.3 Å². The van der Waals surface area contributed by atoms with Gasteiger partial charge in [-0.25, -0.2) is 0 Å². The molecule has 0 aliphatic heterocycles. The molecule has 3 nitrogen and oxygen atoms in total. The number of rotatable bonds is 5. The Morgan fingerprint density at radius 2 is 1.89 bits per heavy atom. The Hall–Kier alpha value is -2.00. The maximum Gasteiger partial charge on any atom is 0.120 e. The Kier molecular flexibility index (Phi) is 4.20. The Morgan fingerprint density at radius 3 is 2.56 bits per heavy atom. The van der Waals surface area contributed by atoms with Gasteiger partial charge in [0.05, 0.1) is 13.2 Å². The number of hydrogen-bond acceptors (Lipinski definition) is 3. The molecule has 0 fully saturated rings. The van der Waals surface area contributed by atoms with Crippen LogP contribution in [0.15, 0.2) is 54.6 Å². The number of benzene rings is 2. The predicted octanol–water partition coefficient (Wildman–Crippen LogP) is 2.81. The Balaban J connectivity index is 2.15. The summed E-state index contributed by atoms with van der Waals surface area (Å²) in [6.07, 6.45) is 0. The van der Waals surface area contributed by atoms with Crippen LogP contribution in [0, 0.1) is 0 Å². The van der Waals surface area contributed by atoms with Gasteiger partial charge in [-0.2, -0.15) is 0 Å². The summed E-state index contributed by atoms with van der Waals surface area (Å²) >= 11 is 0. The zero-order valence-electron chi connectivity index (χ0n) is 10.5. The summed E-state index contributed by atoms with van der Waals surface area (Å²) in [7, 11) is 1.66. The highest BCUT2D eigenvalue weighted by atomic mass is 16.5. The van der Waals surface area contributed by atoms with E-state index in [4.69, 9.17) is 10.5 Å². The van der Waals surface area contributed by atoms with Crippen LogP contribution in [0.1, 0.15) is 11.6 Å². The van der Waals surface area contributed by atoms with Gasteiger partial charge in [0.2, 0.25) is 0 Å². The molecular weight excluding hydrogens is 224 g/mol. The molecule has 1 atom stereocenters. The summed E-state index contributed by atoms with van der Waals surface area (Å²) in [6, 6.07) is 18.2. The molecule has 0 saturated carbocycles. The highest BCUT2D eigenvalue weighted by Gasteiger charge is 2.08. The second-order valence-electron chi connectivity index (χ2n) is 4.08. The smallest absolute Gasteiger partial charge is 0.120 e. The van der Waals surface area contributed by atoms with Crippen LogP contribution in [0.5, 0.6) is 5.75 Å². The molecule has 0 unspecified atom stereocenters. The summed E-state index contributed by atoms with van der Waals surface area (Å²) in [5.74, 6) is 0.837. The standard InChI is InChI=1S/C15H18N2O/c1-18-14-9-5-8-13(10-14)17-15(11-16)12-6-3-2-4-7-12/h2-10,15,17H,11,16H2,1H3/t15-/m1/s1. The number of nitrogens with two attached hydrogens (primary N) is 1. The van der Waals surface area contributed by atoms with E-state index >= 15 is 0 Å². The van der Waals surface area contributed by atoms with E-state index in [9.17, 15) is 0 Å². The molecule has 3 heteroatoms. The van der Waals surface area contributed by atoms with Gasteiger partial charge in [-0.1, -0.05) is 36.4 Å². The second-order valence-corrected chi connectivity index (χ2v) is 4.08. The third kappa shape index (κ3) is 3.02. The van der Waals surface area contributed by atoms with Crippen LogP contribution in [0.3, 0.4) is 0 Å². The molecule has 3 N–H and O–H groups in total. The van der Waals surface area contributed by atoms with E-state index in [1.807, 2.05) is 42.5 Å². The van der Waals surface area contributed by atoms with Crippen LogP contribution in [0.25, 0.3) is 0 Å². The fourth-order valence-electron chi connectivity index (χ4n) is 1.88. The molecule has 18 heavy (non-hydrogen) atoms. The molecule has 2 aromatic rings. The van der Waals surface area contributed by atoms with E-state index in [2.05, 4.69) is 17.4 Å². The molecular formula is C15H18N2O. The minimum Gasteiger partial charge on any atom is -0.497 e. The molecule has 2 rings (SSSR count). The van der Waals surface area contributed by atoms with Crippen LogP contribution in [0.4, 0.5) is 5.69 Å². The lowest BCUT2D eigenvalue weighted by Crippen LogP contribution is -2.20. The van der Waals surface area contributed by atoms with E-state index in [0.29, 0.717) is 6.54 Å². The summed E-state index contributed by atoms with van der Waals surface area (Å²) < 4.78 is 5.20. The lowest BCUT2D eigenvalue weighted by atomic mass is 10.1. The SMILES string of the molecule is COc1cccc(N[C@H](CN)c2ccccc2)c1. The van der Waals surface area contributed by atoms with Crippen molar-refractivity contribution < 1.29 is 4.74 Å². The number of nitrogens with one attached hydrogen (secondary N) is 1. The lowest BCUT2D eigenvalue weighted by Gasteiger charge is -2.19. The van der Waals surface area contributed by atoms with Gasteiger partial charge in [-0.15, -0.1) is 0 Å². The van der Waals surface area contributed by atoms with Crippen molar-refractivity contribution in [2.45, 2.75) is 6.04 Å². The number of methoxy groups -OCH3 is 1. The van der Waals surface area contributed by atoms with Gasteiger partial charge < -0.3 is 15.8 Å². The largest absolute Gasteiger partial charge is 0.497 e. The van der Waals surface area contributed by atoms with Gasteiger partial charge in [0.25, 0.3) is 0 Å². The van der Waals surface area contributed by atoms with Gasteiger partial charge in [0.15, 0.2) is 0 Å². The maximum absolute atomic E-state index is 5.83. The summed E-state index contributed by atoms with van der Waals surface area (Å²) in [6.45, 7) is 0.543. The average Bonchev–Trinajstić information content (AvgIpc) is 2.46. The minimum atomic E-state index is 0.110. The van der Waals surface area contributed by atoms with Crippen molar-refractivity contribution in [1.29, 1.82) is 0 Å². The van der Waals surface area contributed by atoms with Crippen LogP contribution < -0.4 is 15.8 Å². The third-order valence-corrected chi connectivity index (χ3v) is 2.85. The second kappa shape index (κ2) is 6.07. The summed E-state index contributed by atoms with van der Waals surface area (Å²) in [5, 5.41) is 3.41. The molecule has 0 radical (unpaired) electrons. The van der Waals surface area contributed by atoms with Gasteiger partial charge >= 0.3 is 0 Å². The van der Waals surface area contributed by atoms with Crippen molar-refractivity contribution in [3.63, 3.8) is 0 Å². The van der Waals surface area contributed by atoms with Crippen molar-refractivity contribution in [3.8, 4) is 5.75 Å². The zero-order valence-corrected chi connectivity index (χ0v) is 10.5. The number of ether oxygens (including phenoxy) is 1. The van der Waals surface area contributed by atoms with Crippen molar-refractivity contribution >= 4 is 5.69 Å². The van der Waals surface area contributed by atoms with Crippen LogP contribution in [-0.4, -0.2) is 13.7 Å². The summed E-state index contributed by atoms with van der Waals surface area (Å²) in [5.41, 5.74) is 8.02. The average molecular weight is 242 g/mol. The fourth-order valence-corrected chi connectivity index (χ4v) is 1.88. The van der Waals surface area contributed by atoms with Gasteiger partial charge in [0.1, 0.15) is 5.75 Å². The Morgan fingerprint density at radius 1 is 1.11 bits per heavy atom. The molecule has 0 heterocycles. The molecule has 0 bridgehead atoms. The molecule has 0 saturated heterocycles. The Labute approximate surface area is 108 Å². The highest BCUT2D eigenvalue weighted by Crippen LogP contribution is 2.22. The number of hydrogen-bond donors (Lipinski definition) is 2. The van der Waals surface area contributed by atoms with Crippen LogP contribution >= 0.6 is 0 Å². The first kappa shape index (κ1) is 12.5. The van der Waals surface area contributed by atoms with E-state index in [1.54, 1.807) is 7.11 Å². The van der Waals surface area contributed by atoms with E-state index in [-0.39, 0.29) is 6.04 Å². The molecule has 0 aliphatic carbocycles. The first-order valence-electron chi connectivity index (χ1n) is 5.99.